The number of aliphatic carboxylic acids is 1. The Morgan fingerprint density at radius 3 is 2.23 bits per heavy atom. The molecule has 1 unspecified atom stereocenters. The van der Waals surface area contributed by atoms with E-state index in [4.69, 9.17) is 5.11 Å². The quantitative estimate of drug-likeness (QED) is 0.768. The number of carbonyl (C=O) groups excluding carboxylic acids is 1. The predicted molar refractivity (Wildman–Crippen MR) is 87.4 cm³/mol. The van der Waals surface area contributed by atoms with E-state index >= 15 is 0 Å². The molecule has 1 amide bonds. The van der Waals surface area contributed by atoms with Gasteiger partial charge in [0.15, 0.2) is 0 Å². The lowest BCUT2D eigenvalue weighted by atomic mass is 9.85. The Bertz CT molecular complexity index is 494. The highest BCUT2D eigenvalue weighted by Gasteiger charge is 2.26. The minimum absolute atomic E-state index is 0.0133. The average Bonchev–Trinajstić information content (AvgIpc) is 2.36. The fraction of sp³-hybridized carbons (Fsp3) is 0.556. The minimum atomic E-state index is -0.875. The third-order valence-electron chi connectivity index (χ3n) is 3.51. The van der Waals surface area contributed by atoms with E-state index in [1.165, 1.54) is 0 Å². The second kappa shape index (κ2) is 7.97. The molecule has 22 heavy (non-hydrogen) atoms. The van der Waals surface area contributed by atoms with E-state index < -0.39 is 11.4 Å². The summed E-state index contributed by atoms with van der Waals surface area (Å²) in [6.45, 7) is 7.86. The Hall–Kier alpha value is -1.84. The van der Waals surface area contributed by atoms with Crippen molar-refractivity contribution in [1.29, 1.82) is 0 Å². The molecular formula is C18H27NO3. The number of rotatable bonds is 8. The molecule has 0 aliphatic heterocycles. The maximum atomic E-state index is 12.3. The van der Waals surface area contributed by atoms with Gasteiger partial charge in [0.05, 0.1) is 12.5 Å². The number of carboxylic acids is 1. The van der Waals surface area contributed by atoms with E-state index in [-0.39, 0.29) is 24.8 Å². The van der Waals surface area contributed by atoms with E-state index in [0.29, 0.717) is 5.92 Å². The van der Waals surface area contributed by atoms with Crippen LogP contribution in [0.3, 0.4) is 0 Å². The van der Waals surface area contributed by atoms with Gasteiger partial charge in [-0.15, -0.1) is 0 Å². The van der Waals surface area contributed by atoms with Crippen LogP contribution in [0.4, 0.5) is 0 Å². The minimum Gasteiger partial charge on any atom is -0.481 e. The number of nitrogens with one attached hydrogen (secondary N) is 1. The lowest BCUT2D eigenvalue weighted by Gasteiger charge is -2.25. The fourth-order valence-corrected chi connectivity index (χ4v) is 2.59. The zero-order valence-electron chi connectivity index (χ0n) is 13.9. The lowest BCUT2D eigenvalue weighted by Crippen LogP contribution is -2.33. The van der Waals surface area contributed by atoms with E-state index in [2.05, 4.69) is 19.2 Å². The van der Waals surface area contributed by atoms with Crippen LogP contribution in [0.2, 0.25) is 0 Å². The normalized spacial score (nSPS) is 13.0. The molecule has 0 spiro atoms. The Kier molecular flexibility index (Phi) is 6.60. The predicted octanol–water partition coefficient (Wildman–Crippen LogP) is 3.78. The maximum Gasteiger partial charge on any atom is 0.303 e. The summed E-state index contributed by atoms with van der Waals surface area (Å²) in [7, 11) is 0. The van der Waals surface area contributed by atoms with Crippen molar-refractivity contribution in [2.75, 3.05) is 0 Å². The molecule has 1 aromatic carbocycles. The summed E-state index contributed by atoms with van der Waals surface area (Å²) < 4.78 is 0. The van der Waals surface area contributed by atoms with Crippen LogP contribution in [-0.4, -0.2) is 17.0 Å². The van der Waals surface area contributed by atoms with Crippen molar-refractivity contribution >= 4 is 11.9 Å². The highest BCUT2D eigenvalue weighted by Crippen LogP contribution is 2.27. The smallest absolute Gasteiger partial charge is 0.303 e. The SMILES string of the molecule is CC(C)CC(NC(=O)CC(C)(C)CC(=O)O)c1ccccc1. The number of carboxylic acid groups (broad SMARTS) is 1. The largest absolute Gasteiger partial charge is 0.481 e. The molecule has 0 radical (unpaired) electrons. The van der Waals surface area contributed by atoms with Gasteiger partial charge >= 0.3 is 5.97 Å². The molecule has 4 nitrogen and oxygen atoms in total. The van der Waals surface area contributed by atoms with Crippen LogP contribution in [0.5, 0.6) is 0 Å². The van der Waals surface area contributed by atoms with Crippen molar-refractivity contribution in [2.45, 2.75) is 53.0 Å². The van der Waals surface area contributed by atoms with Gasteiger partial charge in [0.25, 0.3) is 0 Å². The molecule has 0 aliphatic carbocycles. The second-order valence-corrected chi connectivity index (χ2v) is 7.07. The molecule has 1 rings (SSSR count). The van der Waals surface area contributed by atoms with Crippen molar-refractivity contribution in [3.8, 4) is 0 Å². The first-order valence-electron chi connectivity index (χ1n) is 7.76. The van der Waals surface area contributed by atoms with Gasteiger partial charge in [-0.05, 0) is 23.3 Å². The summed E-state index contributed by atoms with van der Waals surface area (Å²) in [5.41, 5.74) is 0.537. The first-order chi connectivity index (χ1) is 10.2. The van der Waals surface area contributed by atoms with Crippen LogP contribution in [0.15, 0.2) is 30.3 Å². The highest BCUT2D eigenvalue weighted by molar-refractivity contribution is 5.78. The number of carbonyl (C=O) groups is 2. The van der Waals surface area contributed by atoms with Gasteiger partial charge in [-0.1, -0.05) is 58.0 Å². The average molecular weight is 305 g/mol. The molecule has 0 heterocycles. The summed E-state index contributed by atoms with van der Waals surface area (Å²) in [6, 6.07) is 9.86. The Morgan fingerprint density at radius 1 is 1.14 bits per heavy atom. The van der Waals surface area contributed by atoms with Gasteiger partial charge < -0.3 is 10.4 Å². The van der Waals surface area contributed by atoms with Gasteiger partial charge in [0.1, 0.15) is 0 Å². The molecule has 0 saturated carbocycles. The van der Waals surface area contributed by atoms with Crippen molar-refractivity contribution in [3.63, 3.8) is 0 Å². The van der Waals surface area contributed by atoms with Crippen molar-refractivity contribution < 1.29 is 14.7 Å². The Labute approximate surface area is 132 Å². The van der Waals surface area contributed by atoms with Crippen molar-refractivity contribution in [3.05, 3.63) is 35.9 Å². The monoisotopic (exact) mass is 305 g/mol. The molecule has 1 aromatic rings. The third kappa shape index (κ3) is 6.74. The van der Waals surface area contributed by atoms with Crippen LogP contribution < -0.4 is 5.32 Å². The Morgan fingerprint density at radius 2 is 1.73 bits per heavy atom. The summed E-state index contributed by atoms with van der Waals surface area (Å²) >= 11 is 0. The van der Waals surface area contributed by atoms with E-state index in [9.17, 15) is 9.59 Å². The highest BCUT2D eigenvalue weighted by atomic mass is 16.4. The van der Waals surface area contributed by atoms with Gasteiger partial charge in [-0.25, -0.2) is 0 Å². The third-order valence-corrected chi connectivity index (χ3v) is 3.51. The van der Waals surface area contributed by atoms with Gasteiger partial charge in [0, 0.05) is 6.42 Å². The van der Waals surface area contributed by atoms with Crippen LogP contribution in [0, 0.1) is 11.3 Å². The summed E-state index contributed by atoms with van der Waals surface area (Å²) in [4.78, 5) is 23.2. The number of amides is 1. The summed E-state index contributed by atoms with van der Waals surface area (Å²) in [5.74, 6) is -0.516. The molecule has 2 N–H and O–H groups in total. The fourth-order valence-electron chi connectivity index (χ4n) is 2.59. The molecule has 1 atom stereocenters. The lowest BCUT2D eigenvalue weighted by molar-refractivity contribution is -0.139. The second-order valence-electron chi connectivity index (χ2n) is 7.07. The first kappa shape index (κ1) is 18.2. The number of hydrogen-bond acceptors (Lipinski definition) is 2. The molecule has 0 fully saturated rings. The number of benzene rings is 1. The standard InChI is InChI=1S/C18H27NO3/c1-13(2)10-15(14-8-6-5-7-9-14)19-16(20)11-18(3,4)12-17(21)22/h5-9,13,15H,10-12H2,1-4H3,(H,19,20)(H,21,22). The molecule has 0 aliphatic rings. The van der Waals surface area contributed by atoms with E-state index in [0.717, 1.165) is 12.0 Å². The zero-order valence-corrected chi connectivity index (χ0v) is 13.9. The van der Waals surface area contributed by atoms with Crippen molar-refractivity contribution in [1.82, 2.24) is 5.32 Å². The topological polar surface area (TPSA) is 66.4 Å². The van der Waals surface area contributed by atoms with E-state index in [1.54, 1.807) is 13.8 Å². The molecule has 0 bridgehead atoms. The maximum absolute atomic E-state index is 12.3. The Balaban J connectivity index is 2.73. The number of hydrogen-bond donors (Lipinski definition) is 2. The summed E-state index contributed by atoms with van der Waals surface area (Å²) in [5, 5.41) is 12.0. The van der Waals surface area contributed by atoms with Crippen molar-refractivity contribution in [2.24, 2.45) is 11.3 Å². The first-order valence-corrected chi connectivity index (χ1v) is 7.76. The van der Waals surface area contributed by atoms with Crippen LogP contribution in [0.25, 0.3) is 0 Å². The van der Waals surface area contributed by atoms with E-state index in [1.807, 2.05) is 30.3 Å². The molecular weight excluding hydrogens is 278 g/mol. The van der Waals surface area contributed by atoms with Crippen LogP contribution in [-0.2, 0) is 9.59 Å². The van der Waals surface area contributed by atoms with Crippen LogP contribution >= 0.6 is 0 Å². The van der Waals surface area contributed by atoms with Gasteiger partial charge in [-0.3, -0.25) is 9.59 Å². The van der Waals surface area contributed by atoms with Gasteiger partial charge in [-0.2, -0.15) is 0 Å². The zero-order chi connectivity index (χ0) is 16.8. The molecule has 122 valence electrons. The van der Waals surface area contributed by atoms with Gasteiger partial charge in [0.2, 0.25) is 5.91 Å². The molecule has 0 aromatic heterocycles. The van der Waals surface area contributed by atoms with Crippen LogP contribution in [0.1, 0.15) is 58.6 Å². The molecule has 0 saturated heterocycles. The summed E-state index contributed by atoms with van der Waals surface area (Å²) in [6.07, 6.45) is 1.05. The molecule has 4 heteroatoms.